The van der Waals surface area contributed by atoms with Crippen LogP contribution in [0.4, 0.5) is 4.79 Å². The molecule has 21 heteroatoms. The molecular formula is C73H83NO18P2. The molecule has 1 N–H and O–H groups in total. The van der Waals surface area contributed by atoms with Gasteiger partial charge in [-0.15, -0.1) is 0 Å². The Morgan fingerprint density at radius 1 is 0.298 bits per heavy atom. The third-order valence-corrected chi connectivity index (χ3v) is 17.6. The molecule has 94 heavy (non-hydrogen) atoms. The van der Waals surface area contributed by atoms with Gasteiger partial charge >= 0.3 is 21.7 Å². The topological polar surface area (TPSA) is 202 Å². The highest BCUT2D eigenvalue weighted by Crippen LogP contribution is 2.57. The predicted octanol–water partition coefficient (Wildman–Crippen LogP) is 15.4. The lowest BCUT2D eigenvalue weighted by Gasteiger charge is -2.49. The summed E-state index contributed by atoms with van der Waals surface area (Å²) in [5.41, 5.74) is 6.28. The summed E-state index contributed by atoms with van der Waals surface area (Å²) in [7, 11) is -9.67. The molecular weight excluding hydrogens is 1240 g/mol. The van der Waals surface area contributed by atoms with Crippen molar-refractivity contribution in [2.24, 2.45) is 0 Å². The van der Waals surface area contributed by atoms with Crippen LogP contribution >= 0.6 is 15.6 Å². The van der Waals surface area contributed by atoms with E-state index in [0.717, 1.165) is 27.8 Å². The van der Waals surface area contributed by atoms with Crippen LogP contribution in [0.5, 0.6) is 0 Å². The molecule has 1 amide bonds. The molecule has 1 fully saturated rings. The normalized spacial score (nSPS) is 17.9. The number of carbonyl (C=O) groups is 1. The lowest BCUT2D eigenvalue weighted by Crippen LogP contribution is -2.67. The van der Waals surface area contributed by atoms with E-state index in [2.05, 4.69) is 5.32 Å². The van der Waals surface area contributed by atoms with E-state index in [4.69, 9.17) is 69.8 Å². The van der Waals surface area contributed by atoms with Crippen molar-refractivity contribution in [2.75, 3.05) is 40.3 Å². The first kappa shape index (κ1) is 71.2. The molecule has 1 aliphatic rings. The van der Waals surface area contributed by atoms with Gasteiger partial charge in [0.2, 0.25) is 0 Å². The Morgan fingerprint density at radius 2 is 0.553 bits per heavy atom. The van der Waals surface area contributed by atoms with Gasteiger partial charge in [-0.25, -0.2) is 13.9 Å². The minimum atomic E-state index is -4.84. The molecule has 19 nitrogen and oxygen atoms in total. The van der Waals surface area contributed by atoms with E-state index in [1.165, 1.54) is 0 Å². The van der Waals surface area contributed by atoms with E-state index in [0.29, 0.717) is 48.9 Å². The number of hydrogen-bond acceptors (Lipinski definition) is 18. The molecule has 0 radical (unpaired) electrons. The maximum atomic E-state index is 16.0. The average molecular weight is 1320 g/mol. The van der Waals surface area contributed by atoms with Crippen LogP contribution in [-0.4, -0.2) is 83.0 Å². The number of phosphoric acid groups is 2. The van der Waals surface area contributed by atoms with Crippen molar-refractivity contribution in [3.63, 3.8) is 0 Å². The van der Waals surface area contributed by atoms with Gasteiger partial charge in [-0.3, -0.25) is 27.1 Å². The monoisotopic (exact) mass is 1320 g/mol. The van der Waals surface area contributed by atoms with Crippen LogP contribution in [0, 0.1) is 0 Å². The van der Waals surface area contributed by atoms with Gasteiger partial charge < -0.3 is 47.9 Å². The number of hydrogen-bond donors (Lipinski definition) is 1. The number of carbonyl (C=O) groups excluding carboxylic acids is 1. The summed E-state index contributed by atoms with van der Waals surface area (Å²) in [6, 6.07) is 75.0. The lowest BCUT2D eigenvalue weighted by atomic mass is 9.84. The summed E-state index contributed by atoms with van der Waals surface area (Å²) >= 11 is 0. The van der Waals surface area contributed by atoms with E-state index in [1.807, 2.05) is 243 Å². The van der Waals surface area contributed by atoms with Crippen LogP contribution in [0.25, 0.3) is 0 Å². The molecule has 7 atom stereocenters. The molecule has 1 aliphatic carbocycles. The molecule has 9 rings (SSSR count). The molecule has 0 aliphatic heterocycles. The molecule has 8 aromatic rings. The van der Waals surface area contributed by atoms with Crippen molar-refractivity contribution in [1.29, 1.82) is 0 Å². The second-order valence-corrected chi connectivity index (χ2v) is 25.1. The molecule has 0 bridgehead atoms. The average Bonchev–Trinajstić information content (AvgIpc) is 0.757. The first-order valence-electron chi connectivity index (χ1n) is 31.4. The summed E-state index contributed by atoms with van der Waals surface area (Å²) in [6.45, 7) is -1.33. The van der Waals surface area contributed by atoms with Crippen LogP contribution < -0.4 is 5.32 Å². The van der Waals surface area contributed by atoms with E-state index >= 15 is 9.13 Å². The first-order valence-corrected chi connectivity index (χ1v) is 34.3. The number of benzene rings is 8. The van der Waals surface area contributed by atoms with Gasteiger partial charge in [0.15, 0.2) is 0 Å². The Morgan fingerprint density at radius 3 is 0.872 bits per heavy atom. The lowest BCUT2D eigenvalue weighted by molar-refractivity contribution is -0.301. The Bertz CT molecular complexity index is 3370. The van der Waals surface area contributed by atoms with Crippen molar-refractivity contribution >= 4 is 21.7 Å². The van der Waals surface area contributed by atoms with Crippen LogP contribution in [0.15, 0.2) is 243 Å². The van der Waals surface area contributed by atoms with Crippen molar-refractivity contribution in [2.45, 2.75) is 115 Å². The zero-order valence-corrected chi connectivity index (χ0v) is 54.3. The Balaban J connectivity index is 1.08. The Kier molecular flexibility index (Phi) is 30.6. The molecule has 0 heterocycles. The number of rotatable bonds is 43. The van der Waals surface area contributed by atoms with Gasteiger partial charge in [0.1, 0.15) is 70.4 Å². The second-order valence-electron chi connectivity index (χ2n) is 21.9. The van der Waals surface area contributed by atoms with Gasteiger partial charge in [-0.05, 0) is 57.3 Å². The van der Waals surface area contributed by atoms with Gasteiger partial charge in [0, 0.05) is 6.54 Å². The molecule has 1 unspecified atom stereocenters. The molecule has 8 aromatic carbocycles. The molecule has 1 saturated carbocycles. The number of alkyl carbamates (subject to hydrolysis) is 1. The summed E-state index contributed by atoms with van der Waals surface area (Å²) in [5, 5.41) is 2.81. The highest BCUT2D eigenvalue weighted by Gasteiger charge is 2.59. The van der Waals surface area contributed by atoms with E-state index < -0.39 is 71.9 Å². The van der Waals surface area contributed by atoms with E-state index in [1.54, 1.807) is 0 Å². The molecule has 0 spiro atoms. The van der Waals surface area contributed by atoms with Gasteiger partial charge in [0.05, 0.1) is 52.9 Å². The minimum Gasteiger partial charge on any atom is -0.445 e. The van der Waals surface area contributed by atoms with Gasteiger partial charge in [-0.1, -0.05) is 255 Å². The largest absolute Gasteiger partial charge is 0.475 e. The van der Waals surface area contributed by atoms with Crippen LogP contribution in [0.3, 0.4) is 0 Å². The minimum absolute atomic E-state index is 0.101. The summed E-state index contributed by atoms with van der Waals surface area (Å²) < 4.78 is 129. The van der Waals surface area contributed by atoms with Crippen LogP contribution in [0.2, 0.25) is 0 Å². The quantitative estimate of drug-likeness (QED) is 0.0214. The third kappa shape index (κ3) is 25.2. The fourth-order valence-corrected chi connectivity index (χ4v) is 12.7. The summed E-state index contributed by atoms with van der Waals surface area (Å²) in [5.74, 6) is 0. The fraction of sp³-hybridized carbons (Fsp3) is 0.329. The maximum absolute atomic E-state index is 16.0. The van der Waals surface area contributed by atoms with Crippen molar-refractivity contribution in [1.82, 2.24) is 5.32 Å². The molecule has 0 aromatic heterocycles. The zero-order valence-electron chi connectivity index (χ0n) is 52.5. The van der Waals surface area contributed by atoms with Crippen molar-refractivity contribution in [3.05, 3.63) is 287 Å². The van der Waals surface area contributed by atoms with Crippen LogP contribution in [-0.2, 0) is 132 Å². The summed E-state index contributed by atoms with van der Waals surface area (Å²) in [4.78, 5) is 12.5. The number of ether oxygens (including phenoxy) is 9. The Hall–Kier alpha value is -7.07. The number of amides is 1. The van der Waals surface area contributed by atoms with Gasteiger partial charge in [0.25, 0.3) is 0 Å². The SMILES string of the molecule is O=C(NCCCCCCOP(=O)(OCc1ccccc1)O[C@H]1[C@H](OCOCc2ccccc2)[C@@H](OP(=O)(OCc2ccccc2)OCc2ccccc2)[C@H](OCOCc2ccccc2)[C@@H](OCOCc2ccccc2)[C@H]1OCOCc1ccccc1)OCc1ccccc1. The first-order chi connectivity index (χ1) is 46.3. The standard InChI is InChI=1S/C73H83NO18P2/c75-73(82-51-63-37-19-7-20-38-63)74-45-27-1-2-28-46-87-93(76,88-52-64-39-21-8-22-40-64)91-71-68(84-56-79-48-60-31-13-4-14-32-60)67(83-55-78-47-59-29-11-3-12-30-59)69(85-57-80-49-61-33-15-5-16-34-61)72(70(71)86-58-81-50-62-35-17-6-18-36-62)92-94(77,89-53-65-41-23-9-24-42-65)90-54-66-43-25-10-26-44-66/h3-26,29-44,67-72H,1-2,27-28,45-58H2,(H,74,75)/t67-,68+,69+,70-,71+,72-,93?/m0/s1. The highest BCUT2D eigenvalue weighted by molar-refractivity contribution is 7.48. The number of phosphoric ester groups is 2. The third-order valence-electron chi connectivity index (χ3n) is 14.8. The second kappa shape index (κ2) is 40.4. The van der Waals surface area contributed by atoms with Crippen molar-refractivity contribution < 1.29 is 83.7 Å². The van der Waals surface area contributed by atoms with Gasteiger partial charge in [-0.2, -0.15) is 0 Å². The van der Waals surface area contributed by atoms with Crippen LogP contribution in [0.1, 0.15) is 70.2 Å². The maximum Gasteiger partial charge on any atom is 0.475 e. The number of unbranched alkanes of at least 4 members (excludes halogenated alkanes) is 3. The Labute approximate surface area is 550 Å². The van der Waals surface area contributed by atoms with Crippen molar-refractivity contribution in [3.8, 4) is 0 Å². The zero-order chi connectivity index (χ0) is 65.0. The number of nitrogens with one attached hydrogen (secondary N) is 1. The summed E-state index contributed by atoms with van der Waals surface area (Å²) in [6.07, 6.45) is -7.20. The fourth-order valence-electron chi connectivity index (χ4n) is 9.96. The molecule has 0 saturated heterocycles. The molecule has 498 valence electrons. The smallest absolute Gasteiger partial charge is 0.445 e. The van der Waals surface area contributed by atoms with E-state index in [-0.39, 0.29) is 73.0 Å². The highest BCUT2D eigenvalue weighted by atomic mass is 31.2. The van der Waals surface area contributed by atoms with E-state index in [9.17, 15) is 4.79 Å². The predicted molar refractivity (Wildman–Crippen MR) is 352 cm³/mol.